The summed E-state index contributed by atoms with van der Waals surface area (Å²) in [5, 5.41) is 5.55. The van der Waals surface area contributed by atoms with Crippen LogP contribution in [0.5, 0.6) is 0 Å². The van der Waals surface area contributed by atoms with Gasteiger partial charge in [-0.15, -0.1) is 0 Å². The van der Waals surface area contributed by atoms with Crippen molar-refractivity contribution >= 4 is 21.8 Å². The van der Waals surface area contributed by atoms with Crippen LogP contribution in [0.25, 0.3) is 0 Å². The summed E-state index contributed by atoms with van der Waals surface area (Å²) < 4.78 is 26.9. The Morgan fingerprint density at radius 1 is 1.18 bits per heavy atom. The van der Waals surface area contributed by atoms with Gasteiger partial charge in [0.15, 0.2) is 0 Å². The number of amides is 2. The minimum Gasteiger partial charge on any atom is -0.354 e. The molecule has 156 valence electrons. The zero-order chi connectivity index (χ0) is 20.7. The number of rotatable bonds is 8. The van der Waals surface area contributed by atoms with E-state index in [1.165, 1.54) is 4.31 Å². The van der Waals surface area contributed by atoms with Crippen LogP contribution in [0.3, 0.4) is 0 Å². The van der Waals surface area contributed by atoms with Crippen molar-refractivity contribution in [3.8, 4) is 0 Å². The Balaban J connectivity index is 1.86. The summed E-state index contributed by atoms with van der Waals surface area (Å²) >= 11 is 0. The number of carbonyl (C=O) groups is 2. The number of nitrogens with one attached hydrogen (secondary N) is 2. The Bertz CT molecular complexity index is 769. The topological polar surface area (TPSA) is 95.6 Å². The van der Waals surface area contributed by atoms with Gasteiger partial charge in [0, 0.05) is 25.6 Å². The molecule has 2 rings (SSSR count). The van der Waals surface area contributed by atoms with Crippen LogP contribution in [-0.2, 0) is 19.6 Å². The predicted molar refractivity (Wildman–Crippen MR) is 108 cm³/mol. The van der Waals surface area contributed by atoms with E-state index in [2.05, 4.69) is 10.6 Å². The SMILES string of the molecule is CCCCNC(=O)C(C)NC(=O)C1CCN(S(=O)(=O)c2ccc(C)cc2)CC1. The molecule has 7 nitrogen and oxygen atoms in total. The number of carbonyl (C=O) groups excluding carboxylic acids is 2. The second-order valence-electron chi connectivity index (χ2n) is 7.37. The van der Waals surface area contributed by atoms with E-state index in [4.69, 9.17) is 0 Å². The van der Waals surface area contributed by atoms with E-state index >= 15 is 0 Å². The molecular formula is C20H31N3O4S. The number of aryl methyl sites for hydroxylation is 1. The fraction of sp³-hybridized carbons (Fsp3) is 0.600. The standard InChI is InChI=1S/C20H31N3O4S/c1-4-5-12-21-19(24)16(3)22-20(25)17-10-13-23(14-11-17)28(26,27)18-8-6-15(2)7-9-18/h6-9,16-17H,4-5,10-14H2,1-3H3,(H,21,24)(H,22,25). The highest BCUT2D eigenvalue weighted by atomic mass is 32.2. The predicted octanol–water partition coefficient (Wildman–Crippen LogP) is 1.82. The molecule has 2 N–H and O–H groups in total. The van der Waals surface area contributed by atoms with Crippen molar-refractivity contribution in [1.29, 1.82) is 0 Å². The Hall–Kier alpha value is -1.93. The monoisotopic (exact) mass is 409 g/mol. The van der Waals surface area contributed by atoms with Gasteiger partial charge in [-0.1, -0.05) is 31.0 Å². The first-order valence-corrected chi connectivity index (χ1v) is 11.3. The minimum atomic E-state index is -3.54. The van der Waals surface area contributed by atoms with Crippen LogP contribution < -0.4 is 10.6 Å². The lowest BCUT2D eigenvalue weighted by molar-refractivity contribution is -0.131. The van der Waals surface area contributed by atoms with E-state index in [0.717, 1.165) is 18.4 Å². The third-order valence-electron chi connectivity index (χ3n) is 5.07. The third kappa shape index (κ3) is 5.78. The molecule has 1 fully saturated rings. The van der Waals surface area contributed by atoms with Gasteiger partial charge in [-0.3, -0.25) is 9.59 Å². The second-order valence-corrected chi connectivity index (χ2v) is 9.30. The van der Waals surface area contributed by atoms with E-state index < -0.39 is 16.1 Å². The average molecular weight is 410 g/mol. The summed E-state index contributed by atoms with van der Waals surface area (Å²) in [4.78, 5) is 24.7. The molecule has 0 spiro atoms. The summed E-state index contributed by atoms with van der Waals surface area (Å²) in [5.41, 5.74) is 1.00. The lowest BCUT2D eigenvalue weighted by atomic mass is 9.97. The van der Waals surface area contributed by atoms with Crippen LogP contribution in [0.4, 0.5) is 0 Å². The first-order chi connectivity index (χ1) is 13.3. The Labute approximate surface area is 167 Å². The first kappa shape index (κ1) is 22.4. The Morgan fingerprint density at radius 2 is 1.79 bits per heavy atom. The van der Waals surface area contributed by atoms with E-state index in [0.29, 0.717) is 32.5 Å². The van der Waals surface area contributed by atoms with Crippen molar-refractivity contribution in [2.75, 3.05) is 19.6 Å². The summed E-state index contributed by atoms with van der Waals surface area (Å²) in [7, 11) is -3.54. The summed E-state index contributed by atoms with van der Waals surface area (Å²) in [5.74, 6) is -0.665. The maximum atomic E-state index is 12.7. The molecule has 1 aromatic carbocycles. The van der Waals surface area contributed by atoms with Crippen molar-refractivity contribution in [3.63, 3.8) is 0 Å². The smallest absolute Gasteiger partial charge is 0.243 e. The van der Waals surface area contributed by atoms with E-state index in [1.54, 1.807) is 31.2 Å². The third-order valence-corrected chi connectivity index (χ3v) is 6.98. The molecule has 0 aromatic heterocycles. The average Bonchev–Trinajstić information content (AvgIpc) is 2.68. The van der Waals surface area contributed by atoms with Gasteiger partial charge in [-0.05, 0) is 45.2 Å². The molecule has 1 heterocycles. The van der Waals surface area contributed by atoms with Crippen molar-refractivity contribution in [2.45, 2.75) is 57.4 Å². The van der Waals surface area contributed by atoms with Crippen molar-refractivity contribution < 1.29 is 18.0 Å². The molecule has 1 saturated heterocycles. The Kier molecular flexibility index (Phi) is 8.00. The summed E-state index contributed by atoms with van der Waals surface area (Å²) in [6.45, 7) is 6.81. The molecule has 1 atom stereocenters. The van der Waals surface area contributed by atoms with Crippen LogP contribution in [0, 0.1) is 12.8 Å². The van der Waals surface area contributed by atoms with Crippen LogP contribution in [-0.4, -0.2) is 50.2 Å². The van der Waals surface area contributed by atoms with Crippen LogP contribution >= 0.6 is 0 Å². The van der Waals surface area contributed by atoms with Crippen LogP contribution in [0.15, 0.2) is 29.2 Å². The van der Waals surface area contributed by atoms with Gasteiger partial charge in [0.1, 0.15) is 6.04 Å². The molecule has 0 saturated carbocycles. The normalized spacial score (nSPS) is 17.1. The molecule has 1 aliphatic heterocycles. The van der Waals surface area contributed by atoms with Gasteiger partial charge in [-0.25, -0.2) is 8.42 Å². The molecule has 0 bridgehead atoms. The van der Waals surface area contributed by atoms with Crippen molar-refractivity contribution in [2.24, 2.45) is 5.92 Å². The number of sulfonamides is 1. The highest BCUT2D eigenvalue weighted by Crippen LogP contribution is 2.24. The molecule has 1 aromatic rings. The zero-order valence-electron chi connectivity index (χ0n) is 16.9. The van der Waals surface area contributed by atoms with Crippen molar-refractivity contribution in [3.05, 3.63) is 29.8 Å². The lowest BCUT2D eigenvalue weighted by Crippen LogP contribution is -2.49. The van der Waals surface area contributed by atoms with Gasteiger partial charge in [-0.2, -0.15) is 4.31 Å². The number of unbranched alkanes of at least 4 members (excludes halogenated alkanes) is 1. The molecule has 1 unspecified atom stereocenters. The molecule has 8 heteroatoms. The molecule has 28 heavy (non-hydrogen) atoms. The summed E-state index contributed by atoms with van der Waals surface area (Å²) in [6.07, 6.45) is 2.79. The van der Waals surface area contributed by atoms with Crippen LogP contribution in [0.1, 0.15) is 45.1 Å². The van der Waals surface area contributed by atoms with Gasteiger partial charge >= 0.3 is 0 Å². The number of hydrogen-bond acceptors (Lipinski definition) is 4. The maximum absolute atomic E-state index is 12.7. The van der Waals surface area contributed by atoms with E-state index in [1.807, 2.05) is 13.8 Å². The van der Waals surface area contributed by atoms with Crippen LogP contribution in [0.2, 0.25) is 0 Å². The highest BCUT2D eigenvalue weighted by Gasteiger charge is 2.32. The molecule has 0 aliphatic carbocycles. The Morgan fingerprint density at radius 3 is 2.36 bits per heavy atom. The minimum absolute atomic E-state index is 0.189. The number of piperidine rings is 1. The molecular weight excluding hydrogens is 378 g/mol. The fourth-order valence-corrected chi connectivity index (χ4v) is 4.63. The first-order valence-electron chi connectivity index (χ1n) is 9.90. The van der Waals surface area contributed by atoms with E-state index in [9.17, 15) is 18.0 Å². The van der Waals surface area contributed by atoms with Gasteiger partial charge < -0.3 is 10.6 Å². The molecule has 2 amide bonds. The molecule has 0 radical (unpaired) electrons. The largest absolute Gasteiger partial charge is 0.354 e. The maximum Gasteiger partial charge on any atom is 0.243 e. The number of benzene rings is 1. The quantitative estimate of drug-likeness (QED) is 0.640. The summed E-state index contributed by atoms with van der Waals surface area (Å²) in [6, 6.07) is 6.18. The number of nitrogens with zero attached hydrogens (tertiary/aromatic N) is 1. The van der Waals surface area contributed by atoms with Crippen molar-refractivity contribution in [1.82, 2.24) is 14.9 Å². The van der Waals surface area contributed by atoms with Gasteiger partial charge in [0.05, 0.1) is 4.90 Å². The highest BCUT2D eigenvalue weighted by molar-refractivity contribution is 7.89. The second kappa shape index (κ2) is 10.0. The molecule has 1 aliphatic rings. The fourth-order valence-electron chi connectivity index (χ4n) is 3.16. The lowest BCUT2D eigenvalue weighted by Gasteiger charge is -2.31. The van der Waals surface area contributed by atoms with E-state index in [-0.39, 0.29) is 22.6 Å². The number of hydrogen-bond donors (Lipinski definition) is 2. The zero-order valence-corrected chi connectivity index (χ0v) is 17.7. The van der Waals surface area contributed by atoms with Gasteiger partial charge in [0.25, 0.3) is 0 Å². The van der Waals surface area contributed by atoms with Gasteiger partial charge in [0.2, 0.25) is 21.8 Å².